The Labute approximate surface area is 334 Å². The van der Waals surface area contributed by atoms with Crippen molar-refractivity contribution < 1.29 is 29.1 Å². The SMILES string of the molecule is C=C1CCC(N2C(=O)c3ccc(NCCCCCCCCNC(=O)CCc4ccc(N5CCC[C@H]5CN/C=C/C(=O)c5ccccc5O)cc4)cc3C2=O)C(=O)N1. The third-order valence-corrected chi connectivity index (χ3v) is 11.0. The maximum atomic E-state index is 13.1. The van der Waals surface area contributed by atoms with Gasteiger partial charge in [-0.3, -0.25) is 28.9 Å². The monoisotopic (exact) mass is 774 g/mol. The third-order valence-electron chi connectivity index (χ3n) is 11.0. The Morgan fingerprint density at radius 1 is 0.877 bits per heavy atom. The second-order valence-electron chi connectivity index (χ2n) is 15.1. The highest BCUT2D eigenvalue weighted by atomic mass is 16.3. The molecule has 4 amide bonds. The molecule has 2 fully saturated rings. The van der Waals surface area contributed by atoms with Crippen LogP contribution in [0.15, 0.2) is 91.3 Å². The van der Waals surface area contributed by atoms with Crippen molar-refractivity contribution in [3.05, 3.63) is 114 Å². The predicted octanol–water partition coefficient (Wildman–Crippen LogP) is 6.24. The van der Waals surface area contributed by atoms with Crippen LogP contribution in [-0.4, -0.2) is 77.7 Å². The van der Waals surface area contributed by atoms with E-state index in [0.29, 0.717) is 61.6 Å². The van der Waals surface area contributed by atoms with Gasteiger partial charge in [0.05, 0.1) is 16.7 Å². The maximum Gasteiger partial charge on any atom is 0.262 e. The van der Waals surface area contributed by atoms with Gasteiger partial charge < -0.3 is 31.3 Å². The Morgan fingerprint density at radius 3 is 2.39 bits per heavy atom. The van der Waals surface area contributed by atoms with Crippen LogP contribution in [0.2, 0.25) is 0 Å². The average molecular weight is 775 g/mol. The van der Waals surface area contributed by atoms with Crippen molar-refractivity contribution in [1.29, 1.82) is 0 Å². The number of phenolic OH excluding ortho intramolecular Hbond substituents is 1. The normalized spacial score (nSPS) is 17.9. The lowest BCUT2D eigenvalue weighted by atomic mass is 10.0. The molecule has 0 bridgehead atoms. The first-order valence-corrected chi connectivity index (χ1v) is 20.3. The minimum atomic E-state index is -0.815. The fraction of sp³-hybridized carbons (Fsp3) is 0.400. The number of phenols is 1. The van der Waals surface area contributed by atoms with E-state index in [2.05, 4.69) is 57.0 Å². The van der Waals surface area contributed by atoms with E-state index in [1.54, 1.807) is 42.6 Å². The zero-order valence-electron chi connectivity index (χ0n) is 32.6. The van der Waals surface area contributed by atoms with Crippen LogP contribution in [0.5, 0.6) is 5.75 Å². The summed E-state index contributed by atoms with van der Waals surface area (Å²) in [5.41, 5.74) is 4.60. The van der Waals surface area contributed by atoms with Gasteiger partial charge in [0.15, 0.2) is 5.78 Å². The molecule has 0 spiro atoms. The van der Waals surface area contributed by atoms with Gasteiger partial charge in [0.2, 0.25) is 11.8 Å². The molecule has 0 aromatic heterocycles. The maximum absolute atomic E-state index is 13.1. The van der Waals surface area contributed by atoms with Gasteiger partial charge in [0.1, 0.15) is 11.8 Å². The number of nitrogens with one attached hydrogen (secondary N) is 4. The molecule has 3 aliphatic heterocycles. The molecule has 57 heavy (non-hydrogen) atoms. The van der Waals surface area contributed by atoms with Gasteiger partial charge >= 0.3 is 0 Å². The summed E-state index contributed by atoms with van der Waals surface area (Å²) in [6.45, 7) is 6.88. The number of aryl methyl sites for hydroxylation is 1. The number of amides is 4. The fourth-order valence-electron chi connectivity index (χ4n) is 7.78. The number of para-hydroxylation sites is 1. The van der Waals surface area contributed by atoms with Crippen molar-refractivity contribution in [1.82, 2.24) is 20.9 Å². The number of imide groups is 1. The number of aromatic hydroxyl groups is 1. The summed E-state index contributed by atoms with van der Waals surface area (Å²) >= 11 is 0. The molecule has 1 unspecified atom stereocenters. The number of unbranched alkanes of at least 4 members (excludes halogenated alkanes) is 5. The molecule has 0 saturated carbocycles. The molecule has 2 saturated heterocycles. The molecule has 3 aromatic rings. The van der Waals surface area contributed by atoms with E-state index in [9.17, 15) is 29.1 Å². The van der Waals surface area contributed by atoms with Gasteiger partial charge in [0.25, 0.3) is 11.8 Å². The second kappa shape index (κ2) is 19.8. The van der Waals surface area contributed by atoms with Gasteiger partial charge in [-0.1, -0.05) is 56.5 Å². The second-order valence-corrected chi connectivity index (χ2v) is 15.1. The van der Waals surface area contributed by atoms with E-state index in [4.69, 9.17) is 0 Å². The minimum Gasteiger partial charge on any atom is -0.507 e. The van der Waals surface area contributed by atoms with Gasteiger partial charge in [-0.2, -0.15) is 0 Å². The smallest absolute Gasteiger partial charge is 0.262 e. The van der Waals surface area contributed by atoms with E-state index >= 15 is 0 Å². The summed E-state index contributed by atoms with van der Waals surface area (Å²) in [6.07, 6.45) is 13.6. The minimum absolute atomic E-state index is 0.0219. The van der Waals surface area contributed by atoms with Crippen LogP contribution < -0.4 is 26.2 Å². The summed E-state index contributed by atoms with van der Waals surface area (Å²) in [6, 6.07) is 19.7. The molecule has 300 valence electrons. The van der Waals surface area contributed by atoms with Crippen LogP contribution in [0.3, 0.4) is 0 Å². The van der Waals surface area contributed by atoms with Gasteiger partial charge in [-0.25, -0.2) is 0 Å². The van der Waals surface area contributed by atoms with Gasteiger partial charge in [-0.05, 0) is 93.0 Å². The average Bonchev–Trinajstić information content (AvgIpc) is 3.78. The van der Waals surface area contributed by atoms with Gasteiger partial charge in [0, 0.05) is 68.0 Å². The first kappa shape index (κ1) is 40.7. The quantitative estimate of drug-likeness (QED) is 0.0388. The first-order valence-electron chi connectivity index (χ1n) is 20.3. The summed E-state index contributed by atoms with van der Waals surface area (Å²) in [5, 5.41) is 22.2. The summed E-state index contributed by atoms with van der Waals surface area (Å²) in [4.78, 5) is 66.8. The molecule has 3 aliphatic rings. The number of benzene rings is 3. The number of hydrogen-bond acceptors (Lipinski definition) is 9. The lowest BCUT2D eigenvalue weighted by Gasteiger charge is -2.29. The number of carbonyl (C=O) groups excluding carboxylic acids is 5. The zero-order chi connectivity index (χ0) is 40.1. The Morgan fingerprint density at radius 2 is 1.61 bits per heavy atom. The molecule has 6 rings (SSSR count). The molecule has 2 atom stereocenters. The lowest BCUT2D eigenvalue weighted by Crippen LogP contribution is -2.51. The molecular weight excluding hydrogens is 721 g/mol. The number of allylic oxidation sites excluding steroid dienone is 2. The van der Waals surface area contributed by atoms with Crippen molar-refractivity contribution in [3.8, 4) is 5.75 Å². The standard InChI is InChI=1S/C45H54N6O6/c1-31-14-22-39(43(55)49-31)51-44(56)36-21-18-33(29-38(36)45(51)57)47-25-8-4-2-3-5-9-26-48-42(54)23-17-32-15-19-34(20-16-32)50-28-10-11-35(50)30-46-27-24-41(53)37-12-6-7-13-40(37)52/h6-7,12-13,15-16,18-21,24,27,29,35,39,46-47,52H,1-5,8-11,14,17,22-23,25-26,28,30H2,(H,48,54)(H,49,55)/b27-24+/t35-,39?/m0/s1. The number of nitrogens with zero attached hydrogens (tertiary/aromatic N) is 2. The molecule has 12 nitrogen and oxygen atoms in total. The number of ketones is 1. The van der Waals surface area contributed by atoms with Crippen LogP contribution in [0.4, 0.5) is 11.4 Å². The van der Waals surface area contributed by atoms with Crippen LogP contribution >= 0.6 is 0 Å². The highest BCUT2D eigenvalue weighted by Gasteiger charge is 2.44. The molecule has 5 N–H and O–H groups in total. The molecule has 0 radical (unpaired) electrons. The van der Waals surface area contributed by atoms with E-state index in [1.807, 2.05) is 0 Å². The number of rotatable bonds is 20. The highest BCUT2D eigenvalue weighted by Crippen LogP contribution is 2.30. The van der Waals surface area contributed by atoms with E-state index < -0.39 is 17.9 Å². The summed E-state index contributed by atoms with van der Waals surface area (Å²) in [5.74, 6) is -1.42. The molecule has 3 heterocycles. The molecule has 0 aliphatic carbocycles. The third kappa shape index (κ3) is 10.7. The van der Waals surface area contributed by atoms with Crippen LogP contribution in [0.25, 0.3) is 0 Å². The van der Waals surface area contributed by atoms with Crippen molar-refractivity contribution in [2.24, 2.45) is 0 Å². The van der Waals surface area contributed by atoms with Crippen molar-refractivity contribution in [3.63, 3.8) is 0 Å². The predicted molar refractivity (Wildman–Crippen MR) is 221 cm³/mol. The Balaban J connectivity index is 0.795. The Kier molecular flexibility index (Phi) is 14.1. The van der Waals surface area contributed by atoms with Crippen LogP contribution in [0, 0.1) is 0 Å². The summed E-state index contributed by atoms with van der Waals surface area (Å²) < 4.78 is 0. The number of fused-ring (bicyclic) bond motifs is 1. The van der Waals surface area contributed by atoms with Crippen molar-refractivity contribution >= 4 is 40.8 Å². The Bertz CT molecular complexity index is 1980. The fourth-order valence-corrected chi connectivity index (χ4v) is 7.78. The Hall–Kier alpha value is -5.91. The molecular formula is C45H54N6O6. The van der Waals surface area contributed by atoms with Crippen LogP contribution in [0.1, 0.15) is 107 Å². The van der Waals surface area contributed by atoms with Crippen molar-refractivity contribution in [2.45, 2.75) is 89.1 Å². The zero-order valence-corrected chi connectivity index (χ0v) is 32.6. The largest absolute Gasteiger partial charge is 0.507 e. The van der Waals surface area contributed by atoms with E-state index in [1.165, 1.54) is 12.1 Å². The van der Waals surface area contributed by atoms with E-state index in [-0.39, 0.29) is 28.9 Å². The number of carbonyl (C=O) groups is 5. The molecule has 12 heteroatoms. The van der Waals surface area contributed by atoms with Crippen LogP contribution in [-0.2, 0) is 16.0 Å². The topological polar surface area (TPSA) is 160 Å². The highest BCUT2D eigenvalue weighted by molar-refractivity contribution is 6.23. The molecule has 3 aromatic carbocycles. The first-order chi connectivity index (χ1) is 27.7. The lowest BCUT2D eigenvalue weighted by molar-refractivity contribution is -0.125. The number of piperidine rings is 1. The summed E-state index contributed by atoms with van der Waals surface area (Å²) in [7, 11) is 0. The van der Waals surface area contributed by atoms with E-state index in [0.717, 1.165) is 86.3 Å². The van der Waals surface area contributed by atoms with Gasteiger partial charge in [-0.15, -0.1) is 0 Å². The number of anilines is 2. The number of hydrogen-bond donors (Lipinski definition) is 5. The van der Waals surface area contributed by atoms with Crippen molar-refractivity contribution in [2.75, 3.05) is 36.4 Å².